The summed E-state index contributed by atoms with van der Waals surface area (Å²) in [5.41, 5.74) is 7.42. The highest BCUT2D eigenvalue weighted by Gasteiger charge is 2.22. The van der Waals surface area contributed by atoms with Gasteiger partial charge in [-0.3, -0.25) is 0 Å². The first-order valence-corrected chi connectivity index (χ1v) is 10.3. The lowest BCUT2D eigenvalue weighted by Crippen LogP contribution is -2.12. The van der Waals surface area contributed by atoms with Gasteiger partial charge in [-0.25, -0.2) is 0 Å². The second-order valence-corrected chi connectivity index (χ2v) is 7.88. The van der Waals surface area contributed by atoms with Crippen LogP contribution in [0.2, 0.25) is 0 Å². The molecule has 0 aromatic heterocycles. The zero-order valence-corrected chi connectivity index (χ0v) is 16.5. The van der Waals surface area contributed by atoms with Crippen molar-refractivity contribution < 1.29 is 9.47 Å². The van der Waals surface area contributed by atoms with E-state index in [4.69, 9.17) is 9.47 Å². The van der Waals surface area contributed by atoms with Crippen molar-refractivity contribution in [1.29, 1.82) is 0 Å². The Kier molecular flexibility index (Phi) is 4.38. The van der Waals surface area contributed by atoms with Crippen molar-refractivity contribution in [3.05, 3.63) is 65.7 Å². The van der Waals surface area contributed by atoms with Gasteiger partial charge >= 0.3 is 0 Å². The fourth-order valence-corrected chi connectivity index (χ4v) is 4.70. The van der Waals surface area contributed by atoms with E-state index in [1.807, 2.05) is 0 Å². The molecule has 27 heavy (non-hydrogen) atoms. The predicted molar refractivity (Wildman–Crippen MR) is 114 cm³/mol. The topological polar surface area (TPSA) is 18.5 Å². The summed E-state index contributed by atoms with van der Waals surface area (Å²) < 4.78 is 12.2. The molecular formula is C24H23O2P. The van der Waals surface area contributed by atoms with Crippen LogP contribution in [-0.2, 0) is 12.8 Å². The van der Waals surface area contributed by atoms with Crippen molar-refractivity contribution in [2.75, 3.05) is 13.2 Å². The summed E-state index contributed by atoms with van der Waals surface area (Å²) in [5, 5.41) is 1.18. The summed E-state index contributed by atoms with van der Waals surface area (Å²) in [7, 11) is 2.91. The lowest BCUT2D eigenvalue weighted by molar-refractivity contribution is 0.289. The number of para-hydroxylation sites is 2. The Labute approximate surface area is 162 Å². The second-order valence-electron chi connectivity index (χ2n) is 7.26. The Balaban J connectivity index is 1.76. The van der Waals surface area contributed by atoms with Gasteiger partial charge in [-0.1, -0.05) is 54.6 Å². The third kappa shape index (κ3) is 2.93. The summed E-state index contributed by atoms with van der Waals surface area (Å²) in [6, 6.07) is 19.5. The van der Waals surface area contributed by atoms with E-state index in [0.29, 0.717) is 0 Å². The molecule has 0 bridgehead atoms. The molecule has 2 aliphatic heterocycles. The minimum Gasteiger partial charge on any atom is -0.493 e. The maximum atomic E-state index is 6.13. The normalized spacial score (nSPS) is 15.3. The van der Waals surface area contributed by atoms with Crippen LogP contribution in [0.3, 0.4) is 0 Å². The predicted octanol–water partition coefficient (Wildman–Crippen LogP) is 5.17. The quantitative estimate of drug-likeness (QED) is 0.576. The molecule has 0 saturated carbocycles. The van der Waals surface area contributed by atoms with Gasteiger partial charge in [-0.15, -0.1) is 9.24 Å². The molecule has 3 aromatic rings. The standard InChI is InChI=1S/C24H23O2P/c27-21-13-3-10-18(19-11-1-6-16-8-4-14-25-23(16)19)22(21)20-12-2-7-17-9-5-15-26-24(17)20/h1-3,6-7,10-13H,4-5,8-9,14-15,27H2. The van der Waals surface area contributed by atoms with Crippen molar-refractivity contribution >= 4 is 14.5 Å². The minimum atomic E-state index is 0.794. The van der Waals surface area contributed by atoms with Crippen LogP contribution in [0.5, 0.6) is 11.5 Å². The van der Waals surface area contributed by atoms with Gasteiger partial charge in [-0.2, -0.15) is 0 Å². The van der Waals surface area contributed by atoms with Gasteiger partial charge in [0.15, 0.2) is 0 Å². The average Bonchev–Trinajstić information content (AvgIpc) is 2.73. The molecule has 136 valence electrons. The molecule has 0 aliphatic carbocycles. The van der Waals surface area contributed by atoms with E-state index >= 15 is 0 Å². The van der Waals surface area contributed by atoms with Crippen molar-refractivity contribution in [2.24, 2.45) is 0 Å². The van der Waals surface area contributed by atoms with Crippen molar-refractivity contribution in [3.8, 4) is 33.8 Å². The maximum absolute atomic E-state index is 6.13. The van der Waals surface area contributed by atoms with Gasteiger partial charge in [0.1, 0.15) is 11.5 Å². The molecule has 1 atom stereocenters. The summed E-state index contributed by atoms with van der Waals surface area (Å²) in [6.45, 7) is 1.59. The third-order valence-corrected chi connectivity index (χ3v) is 6.00. The van der Waals surface area contributed by atoms with E-state index in [1.165, 1.54) is 38.7 Å². The van der Waals surface area contributed by atoms with E-state index in [9.17, 15) is 0 Å². The van der Waals surface area contributed by atoms with Crippen LogP contribution in [0.15, 0.2) is 54.6 Å². The Hall–Kier alpha value is -2.31. The number of aryl methyl sites for hydroxylation is 2. The summed E-state index contributed by atoms with van der Waals surface area (Å²) >= 11 is 0. The fraction of sp³-hybridized carbons (Fsp3) is 0.250. The van der Waals surface area contributed by atoms with Gasteiger partial charge in [0.05, 0.1) is 13.2 Å². The lowest BCUT2D eigenvalue weighted by Gasteiger charge is -2.25. The van der Waals surface area contributed by atoms with E-state index in [-0.39, 0.29) is 0 Å². The van der Waals surface area contributed by atoms with Gasteiger partial charge in [-0.05, 0) is 47.7 Å². The number of fused-ring (bicyclic) bond motifs is 2. The smallest absolute Gasteiger partial charge is 0.130 e. The van der Waals surface area contributed by atoms with Crippen LogP contribution in [0.25, 0.3) is 22.3 Å². The molecule has 5 rings (SSSR count). The first kappa shape index (κ1) is 16.8. The molecule has 2 heterocycles. The monoisotopic (exact) mass is 374 g/mol. The Morgan fingerprint density at radius 1 is 0.630 bits per heavy atom. The minimum absolute atomic E-state index is 0.794. The number of hydrogen-bond acceptors (Lipinski definition) is 2. The number of rotatable bonds is 2. The van der Waals surface area contributed by atoms with Crippen LogP contribution in [0.4, 0.5) is 0 Å². The SMILES string of the molecule is Pc1cccc(-c2cccc3c2OCCC3)c1-c1cccc2c1OCCC2. The molecule has 0 amide bonds. The molecule has 0 radical (unpaired) electrons. The highest BCUT2D eigenvalue weighted by Crippen LogP contribution is 2.44. The first-order valence-electron chi connectivity index (χ1n) is 9.71. The van der Waals surface area contributed by atoms with Crippen LogP contribution in [-0.4, -0.2) is 13.2 Å². The summed E-state index contributed by atoms with van der Waals surface area (Å²) in [6.07, 6.45) is 4.35. The van der Waals surface area contributed by atoms with Gasteiger partial charge in [0.25, 0.3) is 0 Å². The Morgan fingerprint density at radius 2 is 1.19 bits per heavy atom. The largest absolute Gasteiger partial charge is 0.493 e. The van der Waals surface area contributed by atoms with Crippen LogP contribution in [0.1, 0.15) is 24.0 Å². The summed E-state index contributed by atoms with van der Waals surface area (Å²) in [5.74, 6) is 2.09. The molecule has 0 saturated heterocycles. The molecule has 0 spiro atoms. The second kappa shape index (κ2) is 7.02. The Morgan fingerprint density at radius 3 is 1.89 bits per heavy atom. The highest BCUT2D eigenvalue weighted by molar-refractivity contribution is 7.28. The highest BCUT2D eigenvalue weighted by atomic mass is 31.0. The molecule has 2 nitrogen and oxygen atoms in total. The summed E-state index contributed by atoms with van der Waals surface area (Å²) in [4.78, 5) is 0. The van der Waals surface area contributed by atoms with Gasteiger partial charge < -0.3 is 9.47 Å². The van der Waals surface area contributed by atoms with Crippen molar-refractivity contribution in [3.63, 3.8) is 0 Å². The fourth-order valence-electron chi connectivity index (χ4n) is 4.28. The molecular weight excluding hydrogens is 351 g/mol. The number of hydrogen-bond donors (Lipinski definition) is 0. The van der Waals surface area contributed by atoms with Crippen LogP contribution >= 0.6 is 9.24 Å². The van der Waals surface area contributed by atoms with Gasteiger partial charge in [0.2, 0.25) is 0 Å². The molecule has 3 heteroatoms. The van der Waals surface area contributed by atoms with E-state index in [2.05, 4.69) is 63.8 Å². The number of benzene rings is 3. The Bertz CT molecular complexity index is 1010. The van der Waals surface area contributed by atoms with E-state index in [0.717, 1.165) is 50.4 Å². The third-order valence-electron chi connectivity index (χ3n) is 5.52. The maximum Gasteiger partial charge on any atom is 0.130 e. The lowest BCUT2D eigenvalue weighted by atomic mass is 9.89. The van der Waals surface area contributed by atoms with Crippen molar-refractivity contribution in [2.45, 2.75) is 25.7 Å². The van der Waals surface area contributed by atoms with E-state index in [1.54, 1.807) is 0 Å². The zero-order chi connectivity index (χ0) is 18.2. The number of ether oxygens (including phenoxy) is 2. The van der Waals surface area contributed by atoms with Crippen LogP contribution < -0.4 is 14.8 Å². The van der Waals surface area contributed by atoms with Gasteiger partial charge in [0, 0.05) is 16.7 Å². The zero-order valence-electron chi connectivity index (χ0n) is 15.3. The van der Waals surface area contributed by atoms with E-state index < -0.39 is 0 Å². The van der Waals surface area contributed by atoms with Crippen LogP contribution in [0, 0.1) is 0 Å². The molecule has 3 aromatic carbocycles. The molecule has 1 unspecified atom stereocenters. The van der Waals surface area contributed by atoms with Crippen molar-refractivity contribution in [1.82, 2.24) is 0 Å². The molecule has 0 N–H and O–H groups in total. The molecule has 2 aliphatic rings. The first-order chi connectivity index (χ1) is 13.3. The average molecular weight is 374 g/mol. The molecule has 0 fully saturated rings.